The second-order valence-electron chi connectivity index (χ2n) is 9.64. The number of aromatic nitrogens is 4. The molecule has 3 heterocycles. The number of ether oxygens (including phenoxy) is 1. The van der Waals surface area contributed by atoms with Crippen LogP contribution in [0.1, 0.15) is 49.9 Å². The summed E-state index contributed by atoms with van der Waals surface area (Å²) in [6.07, 6.45) is 3.73. The Balaban J connectivity index is 1.39. The van der Waals surface area contributed by atoms with E-state index in [0.29, 0.717) is 30.6 Å². The number of piperidine rings is 1. The van der Waals surface area contributed by atoms with Crippen LogP contribution in [0.15, 0.2) is 54.9 Å². The first-order valence-electron chi connectivity index (χ1n) is 12.6. The van der Waals surface area contributed by atoms with Gasteiger partial charge in [0, 0.05) is 55.6 Å². The number of nitrogens with zero attached hydrogens (tertiary/aromatic N) is 5. The van der Waals surface area contributed by atoms with Gasteiger partial charge in [-0.3, -0.25) is 24.2 Å². The Bertz CT molecular complexity index is 1520. The topological polar surface area (TPSA) is 102 Å². The van der Waals surface area contributed by atoms with Gasteiger partial charge in [-0.15, -0.1) is 5.10 Å². The van der Waals surface area contributed by atoms with Crippen molar-refractivity contribution in [2.45, 2.75) is 38.8 Å². The molecule has 2 aromatic heterocycles. The van der Waals surface area contributed by atoms with E-state index in [1.54, 1.807) is 23.4 Å². The number of amides is 2. The molecule has 11 heteroatoms. The molecule has 202 valence electrons. The van der Waals surface area contributed by atoms with Crippen molar-refractivity contribution in [2.24, 2.45) is 7.05 Å². The molecule has 0 bridgehead atoms. The van der Waals surface area contributed by atoms with Gasteiger partial charge in [0.05, 0.1) is 11.0 Å². The molecule has 1 aliphatic heterocycles. The van der Waals surface area contributed by atoms with Crippen molar-refractivity contribution in [3.05, 3.63) is 82.8 Å². The van der Waals surface area contributed by atoms with Gasteiger partial charge in [0.25, 0.3) is 11.8 Å². The summed E-state index contributed by atoms with van der Waals surface area (Å²) < 4.78 is 31.2. The van der Waals surface area contributed by atoms with E-state index in [-0.39, 0.29) is 35.0 Å². The van der Waals surface area contributed by atoms with Crippen LogP contribution in [-0.4, -0.2) is 62.2 Å². The summed E-state index contributed by atoms with van der Waals surface area (Å²) in [6, 6.07) is 13.0. The highest BCUT2D eigenvalue weighted by atomic mass is 19.3. The van der Waals surface area contributed by atoms with Gasteiger partial charge in [-0.25, -0.2) is 0 Å². The summed E-state index contributed by atoms with van der Waals surface area (Å²) in [5.74, 6) is -1.04. The van der Waals surface area contributed by atoms with E-state index in [1.165, 1.54) is 18.7 Å². The number of nitrogens with one attached hydrogen (secondary N) is 1. The van der Waals surface area contributed by atoms with E-state index in [4.69, 9.17) is 0 Å². The minimum absolute atomic E-state index is 0.118. The van der Waals surface area contributed by atoms with E-state index >= 15 is 0 Å². The first kappa shape index (κ1) is 26.2. The lowest BCUT2D eigenvalue weighted by molar-refractivity contribution is -0.0535. The van der Waals surface area contributed by atoms with Gasteiger partial charge < -0.3 is 15.0 Å². The number of alkyl halides is 2. The highest BCUT2D eigenvalue weighted by molar-refractivity contribution is 5.98. The second kappa shape index (κ2) is 10.8. The Morgan fingerprint density at radius 2 is 1.85 bits per heavy atom. The lowest BCUT2D eigenvalue weighted by Gasteiger charge is -2.39. The molecule has 0 spiro atoms. The monoisotopic (exact) mass is 534 g/mol. The summed E-state index contributed by atoms with van der Waals surface area (Å²) in [4.78, 5) is 37.4. The second-order valence-corrected chi connectivity index (χ2v) is 9.64. The molecule has 2 aromatic carbocycles. The number of hydrogen-bond donors (Lipinski definition) is 1. The quantitative estimate of drug-likeness (QED) is 0.401. The van der Waals surface area contributed by atoms with Crippen LogP contribution >= 0.6 is 0 Å². The van der Waals surface area contributed by atoms with Crippen LogP contribution in [-0.2, 0) is 7.05 Å². The fourth-order valence-corrected chi connectivity index (χ4v) is 5.26. The van der Waals surface area contributed by atoms with Gasteiger partial charge in [0.15, 0.2) is 0 Å². The number of benzene rings is 2. The zero-order valence-electron chi connectivity index (χ0n) is 21.8. The summed E-state index contributed by atoms with van der Waals surface area (Å²) in [6.45, 7) is 1.19. The van der Waals surface area contributed by atoms with Crippen LogP contribution in [0, 0.1) is 13.8 Å². The summed E-state index contributed by atoms with van der Waals surface area (Å²) >= 11 is 0. The number of aryl methyl sites for hydroxylation is 2. The SMILES string of the molecule is Cc1c(OC(F)F)nn(C)c1C(=O)N[C@@H]1CCN(C(=O)c2cc(C)c3nccnc3c2)C[C@@H]1c1ccccc1. The summed E-state index contributed by atoms with van der Waals surface area (Å²) in [7, 11) is 1.51. The first-order chi connectivity index (χ1) is 18.7. The molecule has 0 radical (unpaired) electrons. The van der Waals surface area contributed by atoms with Crippen molar-refractivity contribution >= 4 is 22.8 Å². The molecule has 5 rings (SSSR count). The zero-order valence-corrected chi connectivity index (χ0v) is 21.8. The van der Waals surface area contributed by atoms with Gasteiger partial charge in [0.1, 0.15) is 5.69 Å². The Kier molecular flexibility index (Phi) is 7.23. The maximum atomic E-state index is 13.6. The summed E-state index contributed by atoms with van der Waals surface area (Å²) in [5.41, 5.74) is 4.16. The Labute approximate surface area is 223 Å². The smallest absolute Gasteiger partial charge is 0.388 e. The molecule has 39 heavy (non-hydrogen) atoms. The molecule has 1 saturated heterocycles. The van der Waals surface area contributed by atoms with Gasteiger partial charge in [0.2, 0.25) is 5.88 Å². The van der Waals surface area contributed by atoms with Crippen LogP contribution in [0.5, 0.6) is 5.88 Å². The van der Waals surface area contributed by atoms with Gasteiger partial charge >= 0.3 is 6.61 Å². The third kappa shape index (κ3) is 5.29. The van der Waals surface area contributed by atoms with Crippen molar-refractivity contribution < 1.29 is 23.1 Å². The van der Waals surface area contributed by atoms with Crippen LogP contribution in [0.3, 0.4) is 0 Å². The molecule has 2 amide bonds. The lowest BCUT2D eigenvalue weighted by Crippen LogP contribution is -2.51. The molecule has 0 saturated carbocycles. The largest absolute Gasteiger partial charge is 0.415 e. The zero-order chi connectivity index (χ0) is 27.7. The Morgan fingerprint density at radius 1 is 1.10 bits per heavy atom. The van der Waals surface area contributed by atoms with E-state index in [9.17, 15) is 18.4 Å². The number of rotatable bonds is 6. The van der Waals surface area contributed by atoms with E-state index in [2.05, 4.69) is 25.1 Å². The number of carbonyl (C=O) groups is 2. The van der Waals surface area contributed by atoms with Crippen molar-refractivity contribution in [3.8, 4) is 5.88 Å². The molecule has 1 aliphatic rings. The minimum atomic E-state index is -3.04. The standard InChI is InChI=1S/C28H28F2N6O3/c1-16-13-19(14-22-23(16)32-11-10-31-22)27(38)36-12-9-21(20(15-36)18-7-5-4-6-8-18)33-25(37)24-17(2)26(34-35(24)3)39-28(29)30/h4-8,10-11,13-14,20-21,28H,9,12,15H2,1-3H3,(H,33,37)/t20-,21-/m1/s1. The average molecular weight is 535 g/mol. The average Bonchev–Trinajstić information content (AvgIpc) is 3.20. The number of halogens is 2. The fourth-order valence-electron chi connectivity index (χ4n) is 5.26. The molecule has 1 N–H and O–H groups in total. The third-order valence-electron chi connectivity index (χ3n) is 7.11. The lowest BCUT2D eigenvalue weighted by atomic mass is 9.85. The molecular weight excluding hydrogens is 506 g/mol. The van der Waals surface area contributed by atoms with Gasteiger partial charge in [-0.1, -0.05) is 30.3 Å². The Hall–Kier alpha value is -4.41. The fraction of sp³-hybridized carbons (Fsp3) is 0.321. The van der Waals surface area contributed by atoms with Gasteiger partial charge in [-0.05, 0) is 43.5 Å². The minimum Gasteiger partial charge on any atom is -0.415 e. The highest BCUT2D eigenvalue weighted by Crippen LogP contribution is 2.30. The Morgan fingerprint density at radius 3 is 2.59 bits per heavy atom. The predicted molar refractivity (Wildman–Crippen MR) is 140 cm³/mol. The molecule has 4 aromatic rings. The third-order valence-corrected chi connectivity index (χ3v) is 7.11. The molecule has 1 fully saturated rings. The van der Waals surface area contributed by atoms with Crippen LogP contribution < -0.4 is 10.1 Å². The number of hydrogen-bond acceptors (Lipinski definition) is 6. The van der Waals surface area contributed by atoms with Crippen LogP contribution in [0.4, 0.5) is 8.78 Å². The maximum Gasteiger partial charge on any atom is 0.388 e. The molecule has 0 aliphatic carbocycles. The van der Waals surface area contributed by atoms with E-state index in [0.717, 1.165) is 16.6 Å². The van der Waals surface area contributed by atoms with Crippen molar-refractivity contribution in [1.29, 1.82) is 0 Å². The number of carbonyl (C=O) groups excluding carboxylic acids is 2. The number of likely N-dealkylation sites (tertiary alicyclic amines) is 1. The van der Waals surface area contributed by atoms with Crippen molar-refractivity contribution in [2.75, 3.05) is 13.1 Å². The van der Waals surface area contributed by atoms with Crippen LogP contribution in [0.2, 0.25) is 0 Å². The maximum absolute atomic E-state index is 13.6. The van der Waals surface area contributed by atoms with Crippen molar-refractivity contribution in [3.63, 3.8) is 0 Å². The van der Waals surface area contributed by atoms with Crippen molar-refractivity contribution in [1.82, 2.24) is 30.0 Å². The first-order valence-corrected chi connectivity index (χ1v) is 12.6. The predicted octanol–water partition coefficient (Wildman–Crippen LogP) is 4.01. The molecule has 9 nitrogen and oxygen atoms in total. The van der Waals surface area contributed by atoms with E-state index in [1.807, 2.05) is 43.3 Å². The van der Waals surface area contributed by atoms with E-state index < -0.39 is 12.5 Å². The molecule has 0 unspecified atom stereocenters. The molecule has 2 atom stereocenters. The van der Waals surface area contributed by atoms with Gasteiger partial charge in [-0.2, -0.15) is 8.78 Å². The number of fused-ring (bicyclic) bond motifs is 1. The normalized spacial score (nSPS) is 17.4. The van der Waals surface area contributed by atoms with Crippen LogP contribution in [0.25, 0.3) is 11.0 Å². The molecular formula is C28H28F2N6O3. The summed E-state index contributed by atoms with van der Waals surface area (Å²) in [5, 5.41) is 7.00. The highest BCUT2D eigenvalue weighted by Gasteiger charge is 2.35.